The molecule has 1 saturated carbocycles. The maximum absolute atomic E-state index is 5.66. The number of benzene rings is 1. The highest BCUT2D eigenvalue weighted by molar-refractivity contribution is 5.19. The van der Waals surface area contributed by atoms with E-state index in [0.29, 0.717) is 5.41 Å². The smallest absolute Gasteiger partial charge is 0.0536 e. The molecule has 1 atom stereocenters. The standard InChI is InChI=1S/C20H29NO/c1-2-4-18(5-3-1)19-8-6-17(7-9-19)14-21-12-10-20(15-21)11-13-22-16-20/h1-5,17,19H,6-16H2. The first-order valence-electron chi connectivity index (χ1n) is 9.18. The molecule has 2 saturated heterocycles. The molecular weight excluding hydrogens is 270 g/mol. The molecule has 2 nitrogen and oxygen atoms in total. The summed E-state index contributed by atoms with van der Waals surface area (Å²) in [6, 6.07) is 11.1. The van der Waals surface area contributed by atoms with E-state index in [1.54, 1.807) is 5.56 Å². The Balaban J connectivity index is 1.26. The van der Waals surface area contributed by atoms with Gasteiger partial charge in [0.15, 0.2) is 0 Å². The zero-order valence-corrected chi connectivity index (χ0v) is 13.7. The Morgan fingerprint density at radius 1 is 1.05 bits per heavy atom. The van der Waals surface area contributed by atoms with E-state index in [2.05, 4.69) is 35.2 Å². The lowest BCUT2D eigenvalue weighted by molar-refractivity contribution is 0.146. The summed E-state index contributed by atoms with van der Waals surface area (Å²) in [6.07, 6.45) is 8.27. The minimum atomic E-state index is 0.529. The average molecular weight is 299 g/mol. The first-order chi connectivity index (χ1) is 10.8. The van der Waals surface area contributed by atoms with Gasteiger partial charge in [-0.15, -0.1) is 0 Å². The molecule has 1 aromatic rings. The highest BCUT2D eigenvalue weighted by Crippen LogP contribution is 2.40. The maximum atomic E-state index is 5.66. The van der Waals surface area contributed by atoms with Crippen molar-refractivity contribution in [3.8, 4) is 0 Å². The van der Waals surface area contributed by atoms with Gasteiger partial charge in [0.2, 0.25) is 0 Å². The van der Waals surface area contributed by atoms with Crippen LogP contribution in [0.4, 0.5) is 0 Å². The van der Waals surface area contributed by atoms with Gasteiger partial charge in [-0.3, -0.25) is 0 Å². The van der Waals surface area contributed by atoms with Crippen LogP contribution in [-0.2, 0) is 4.74 Å². The molecule has 1 spiro atoms. The molecule has 1 unspecified atom stereocenters. The van der Waals surface area contributed by atoms with Crippen LogP contribution < -0.4 is 0 Å². The summed E-state index contributed by atoms with van der Waals surface area (Å²) in [5, 5.41) is 0. The van der Waals surface area contributed by atoms with Crippen molar-refractivity contribution in [3.05, 3.63) is 35.9 Å². The average Bonchev–Trinajstić information content (AvgIpc) is 3.19. The second-order valence-corrected chi connectivity index (χ2v) is 7.92. The van der Waals surface area contributed by atoms with Gasteiger partial charge >= 0.3 is 0 Å². The first kappa shape index (κ1) is 14.7. The maximum Gasteiger partial charge on any atom is 0.0536 e. The van der Waals surface area contributed by atoms with Crippen molar-refractivity contribution in [2.45, 2.75) is 44.4 Å². The highest BCUT2D eigenvalue weighted by Gasteiger charge is 2.41. The largest absolute Gasteiger partial charge is 0.381 e. The fraction of sp³-hybridized carbons (Fsp3) is 0.700. The monoisotopic (exact) mass is 299 g/mol. The highest BCUT2D eigenvalue weighted by atomic mass is 16.5. The van der Waals surface area contributed by atoms with Gasteiger partial charge in [0, 0.05) is 25.1 Å². The molecule has 22 heavy (non-hydrogen) atoms. The summed E-state index contributed by atoms with van der Waals surface area (Å²) in [5.41, 5.74) is 2.09. The van der Waals surface area contributed by atoms with Crippen molar-refractivity contribution in [2.24, 2.45) is 11.3 Å². The van der Waals surface area contributed by atoms with E-state index in [0.717, 1.165) is 25.0 Å². The quantitative estimate of drug-likeness (QED) is 0.834. The van der Waals surface area contributed by atoms with Gasteiger partial charge in [-0.1, -0.05) is 30.3 Å². The number of likely N-dealkylation sites (tertiary alicyclic amines) is 1. The molecule has 4 rings (SSSR count). The summed E-state index contributed by atoms with van der Waals surface area (Å²) in [7, 11) is 0. The van der Waals surface area contributed by atoms with Crippen LogP contribution in [0.25, 0.3) is 0 Å². The molecule has 0 radical (unpaired) electrons. The number of nitrogens with zero attached hydrogens (tertiary/aromatic N) is 1. The van der Waals surface area contributed by atoms with Crippen LogP contribution in [0.1, 0.15) is 50.0 Å². The Labute approximate surface area is 134 Å². The third-order valence-corrected chi connectivity index (χ3v) is 6.34. The summed E-state index contributed by atoms with van der Waals surface area (Å²) < 4.78 is 5.66. The zero-order chi connectivity index (χ0) is 14.8. The Morgan fingerprint density at radius 3 is 2.59 bits per heavy atom. The predicted octanol–water partition coefficient (Wildman–Crippen LogP) is 4.07. The Morgan fingerprint density at radius 2 is 1.86 bits per heavy atom. The molecule has 1 aliphatic carbocycles. The van der Waals surface area contributed by atoms with Gasteiger partial charge in [0.1, 0.15) is 0 Å². The second-order valence-electron chi connectivity index (χ2n) is 7.92. The molecular formula is C20H29NO. The lowest BCUT2D eigenvalue weighted by Gasteiger charge is -2.32. The van der Waals surface area contributed by atoms with E-state index in [9.17, 15) is 0 Å². The molecule has 0 N–H and O–H groups in total. The predicted molar refractivity (Wildman–Crippen MR) is 90.1 cm³/mol. The molecule has 3 aliphatic rings. The molecule has 0 amide bonds. The van der Waals surface area contributed by atoms with Crippen LogP contribution >= 0.6 is 0 Å². The molecule has 0 bridgehead atoms. The Hall–Kier alpha value is -0.860. The van der Waals surface area contributed by atoms with Gasteiger partial charge in [0.25, 0.3) is 0 Å². The third kappa shape index (κ3) is 3.09. The van der Waals surface area contributed by atoms with E-state index >= 15 is 0 Å². The lowest BCUT2D eigenvalue weighted by Crippen LogP contribution is -2.32. The molecule has 3 fully saturated rings. The summed E-state index contributed by atoms with van der Waals surface area (Å²) in [4.78, 5) is 2.74. The van der Waals surface area contributed by atoms with E-state index in [-0.39, 0.29) is 0 Å². The normalized spacial score (nSPS) is 36.2. The van der Waals surface area contributed by atoms with Gasteiger partial charge < -0.3 is 9.64 Å². The van der Waals surface area contributed by atoms with E-state index in [1.807, 2.05) is 0 Å². The fourth-order valence-corrected chi connectivity index (χ4v) is 4.92. The second kappa shape index (κ2) is 6.33. The van der Waals surface area contributed by atoms with Crippen molar-refractivity contribution in [2.75, 3.05) is 32.8 Å². The molecule has 0 aromatic heterocycles. The van der Waals surface area contributed by atoms with Crippen LogP contribution in [0.5, 0.6) is 0 Å². The van der Waals surface area contributed by atoms with Gasteiger partial charge in [-0.2, -0.15) is 0 Å². The fourth-order valence-electron chi connectivity index (χ4n) is 4.92. The molecule has 2 aliphatic heterocycles. The van der Waals surface area contributed by atoms with Crippen LogP contribution in [-0.4, -0.2) is 37.7 Å². The minimum absolute atomic E-state index is 0.529. The molecule has 1 aromatic carbocycles. The SMILES string of the molecule is c1ccc(C2CCC(CN3CCC4(CCOC4)C3)CC2)cc1. The summed E-state index contributed by atoms with van der Waals surface area (Å²) in [5.74, 6) is 1.74. The van der Waals surface area contributed by atoms with Crippen molar-refractivity contribution in [1.82, 2.24) is 4.90 Å². The van der Waals surface area contributed by atoms with Crippen LogP contribution in [0.15, 0.2) is 30.3 Å². The number of hydrogen-bond donors (Lipinski definition) is 0. The molecule has 120 valence electrons. The zero-order valence-electron chi connectivity index (χ0n) is 13.7. The Kier molecular flexibility index (Phi) is 4.23. The number of ether oxygens (including phenoxy) is 1. The minimum Gasteiger partial charge on any atom is -0.381 e. The third-order valence-electron chi connectivity index (χ3n) is 6.34. The van der Waals surface area contributed by atoms with E-state index in [4.69, 9.17) is 4.74 Å². The first-order valence-corrected chi connectivity index (χ1v) is 9.18. The number of rotatable bonds is 3. The molecule has 2 heteroatoms. The Bertz CT molecular complexity index is 472. The van der Waals surface area contributed by atoms with Crippen LogP contribution in [0.3, 0.4) is 0 Å². The van der Waals surface area contributed by atoms with Crippen molar-refractivity contribution >= 4 is 0 Å². The van der Waals surface area contributed by atoms with Crippen molar-refractivity contribution in [3.63, 3.8) is 0 Å². The summed E-state index contributed by atoms with van der Waals surface area (Å²) >= 11 is 0. The van der Waals surface area contributed by atoms with E-state index in [1.165, 1.54) is 58.2 Å². The van der Waals surface area contributed by atoms with Crippen molar-refractivity contribution in [1.29, 1.82) is 0 Å². The van der Waals surface area contributed by atoms with Gasteiger partial charge in [-0.25, -0.2) is 0 Å². The van der Waals surface area contributed by atoms with Crippen molar-refractivity contribution < 1.29 is 4.74 Å². The van der Waals surface area contributed by atoms with Crippen LogP contribution in [0, 0.1) is 11.3 Å². The summed E-state index contributed by atoms with van der Waals surface area (Å²) in [6.45, 7) is 5.96. The number of hydrogen-bond acceptors (Lipinski definition) is 2. The van der Waals surface area contributed by atoms with Gasteiger partial charge in [0.05, 0.1) is 6.61 Å². The molecule has 2 heterocycles. The lowest BCUT2D eigenvalue weighted by atomic mass is 9.78. The van der Waals surface area contributed by atoms with Crippen LogP contribution in [0.2, 0.25) is 0 Å². The van der Waals surface area contributed by atoms with Gasteiger partial charge in [-0.05, 0) is 62.5 Å². The topological polar surface area (TPSA) is 12.5 Å². The van der Waals surface area contributed by atoms with E-state index < -0.39 is 0 Å².